The number of piperazine rings is 1. The Balaban J connectivity index is 1.67. The molecule has 4 heteroatoms. The number of amides is 1. The van der Waals surface area contributed by atoms with Crippen molar-refractivity contribution in [3.63, 3.8) is 0 Å². The Hall–Kier alpha value is -1.65. The number of nitrogens with zero attached hydrogens (tertiary/aromatic N) is 3. The highest BCUT2D eigenvalue weighted by molar-refractivity contribution is 5.78. The molecule has 0 unspecified atom stereocenters. The van der Waals surface area contributed by atoms with Crippen LogP contribution in [-0.4, -0.2) is 73.5 Å². The van der Waals surface area contributed by atoms with Crippen LogP contribution in [-0.2, 0) is 4.79 Å². The Labute approximate surface area is 146 Å². The highest BCUT2D eigenvalue weighted by atomic mass is 16.2. The summed E-state index contributed by atoms with van der Waals surface area (Å²) in [4.78, 5) is 18.9. The van der Waals surface area contributed by atoms with Gasteiger partial charge in [-0.05, 0) is 25.6 Å². The molecule has 0 bridgehead atoms. The predicted molar refractivity (Wildman–Crippen MR) is 101 cm³/mol. The van der Waals surface area contributed by atoms with Crippen molar-refractivity contribution in [1.82, 2.24) is 14.7 Å². The minimum Gasteiger partial charge on any atom is -0.339 e. The molecule has 1 amide bonds. The third kappa shape index (κ3) is 6.46. The van der Waals surface area contributed by atoms with E-state index in [1.165, 1.54) is 12.0 Å². The van der Waals surface area contributed by atoms with Gasteiger partial charge in [-0.15, -0.1) is 0 Å². The Kier molecular flexibility index (Phi) is 7.99. The molecule has 0 N–H and O–H groups in total. The van der Waals surface area contributed by atoms with E-state index in [9.17, 15) is 4.79 Å². The van der Waals surface area contributed by atoms with Gasteiger partial charge in [-0.2, -0.15) is 0 Å². The van der Waals surface area contributed by atoms with Gasteiger partial charge < -0.3 is 4.90 Å². The molecule has 1 aliphatic rings. The maximum Gasteiger partial charge on any atom is 0.236 e. The highest BCUT2D eigenvalue weighted by Gasteiger charge is 2.20. The van der Waals surface area contributed by atoms with Gasteiger partial charge in [-0.3, -0.25) is 14.6 Å². The number of likely N-dealkylation sites (N-methyl/N-ethyl adjacent to an activating group) is 1. The lowest BCUT2D eigenvalue weighted by atomic mass is 10.2. The fraction of sp³-hybridized carbons (Fsp3) is 0.550. The summed E-state index contributed by atoms with van der Waals surface area (Å²) >= 11 is 0. The second kappa shape index (κ2) is 10.3. The zero-order chi connectivity index (χ0) is 17.2. The summed E-state index contributed by atoms with van der Waals surface area (Å²) in [5, 5.41) is 0. The molecule has 2 rings (SSSR count). The lowest BCUT2D eigenvalue weighted by Gasteiger charge is -2.35. The fourth-order valence-corrected chi connectivity index (χ4v) is 2.92. The molecule has 24 heavy (non-hydrogen) atoms. The molecule has 1 heterocycles. The minimum atomic E-state index is 0.271. The van der Waals surface area contributed by atoms with Crippen LogP contribution in [0.1, 0.15) is 25.3 Å². The Bertz CT molecular complexity index is 507. The Morgan fingerprint density at radius 1 is 1.17 bits per heavy atom. The van der Waals surface area contributed by atoms with Crippen molar-refractivity contribution >= 4 is 12.0 Å². The number of benzene rings is 1. The van der Waals surface area contributed by atoms with Gasteiger partial charge in [0.2, 0.25) is 5.91 Å². The fourth-order valence-electron chi connectivity index (χ4n) is 2.92. The molecule has 1 aromatic carbocycles. The molecular formula is C20H31N3O. The van der Waals surface area contributed by atoms with Gasteiger partial charge in [-0.25, -0.2) is 0 Å². The average molecular weight is 329 g/mol. The highest BCUT2D eigenvalue weighted by Crippen LogP contribution is 2.05. The molecule has 132 valence electrons. The first-order valence-electron chi connectivity index (χ1n) is 9.09. The van der Waals surface area contributed by atoms with Gasteiger partial charge in [0.25, 0.3) is 0 Å². The molecule has 0 aliphatic carbocycles. The molecule has 1 fully saturated rings. The lowest BCUT2D eigenvalue weighted by Crippen LogP contribution is -2.50. The summed E-state index contributed by atoms with van der Waals surface area (Å²) in [6.07, 6.45) is 6.71. The van der Waals surface area contributed by atoms with E-state index in [4.69, 9.17) is 0 Å². The van der Waals surface area contributed by atoms with Crippen LogP contribution in [0.5, 0.6) is 0 Å². The number of rotatable bonds is 8. The largest absolute Gasteiger partial charge is 0.339 e. The SMILES string of the molecule is CCCCN(C)CC(=O)N1CCN(C/C=C/c2ccccc2)CC1. The summed E-state index contributed by atoms with van der Waals surface area (Å²) in [6.45, 7) is 8.31. The zero-order valence-electron chi connectivity index (χ0n) is 15.2. The second-order valence-corrected chi connectivity index (χ2v) is 6.59. The van der Waals surface area contributed by atoms with Gasteiger partial charge in [0.1, 0.15) is 0 Å². The van der Waals surface area contributed by atoms with Crippen molar-refractivity contribution in [2.24, 2.45) is 0 Å². The number of carbonyl (C=O) groups excluding carboxylic acids is 1. The van der Waals surface area contributed by atoms with Gasteiger partial charge >= 0.3 is 0 Å². The van der Waals surface area contributed by atoms with Crippen LogP contribution in [0.3, 0.4) is 0 Å². The smallest absolute Gasteiger partial charge is 0.236 e. The second-order valence-electron chi connectivity index (χ2n) is 6.59. The van der Waals surface area contributed by atoms with E-state index in [-0.39, 0.29) is 5.91 Å². The summed E-state index contributed by atoms with van der Waals surface area (Å²) in [6, 6.07) is 10.4. The van der Waals surface area contributed by atoms with Crippen molar-refractivity contribution in [3.8, 4) is 0 Å². The molecule has 1 aromatic rings. The van der Waals surface area contributed by atoms with E-state index in [1.54, 1.807) is 0 Å². The van der Waals surface area contributed by atoms with Crippen LogP contribution >= 0.6 is 0 Å². The van der Waals surface area contributed by atoms with E-state index in [1.807, 2.05) is 18.0 Å². The van der Waals surface area contributed by atoms with E-state index < -0.39 is 0 Å². The van der Waals surface area contributed by atoms with Crippen molar-refractivity contribution in [1.29, 1.82) is 0 Å². The third-order valence-corrected chi connectivity index (χ3v) is 4.50. The normalized spacial score (nSPS) is 16.2. The van der Waals surface area contributed by atoms with Crippen molar-refractivity contribution < 1.29 is 4.79 Å². The number of carbonyl (C=O) groups is 1. The summed E-state index contributed by atoms with van der Waals surface area (Å²) in [5.74, 6) is 0.271. The van der Waals surface area contributed by atoms with E-state index >= 15 is 0 Å². The van der Waals surface area contributed by atoms with E-state index in [0.717, 1.165) is 45.7 Å². The molecule has 0 atom stereocenters. The first kappa shape index (κ1) is 18.7. The lowest BCUT2D eigenvalue weighted by molar-refractivity contribution is -0.133. The van der Waals surface area contributed by atoms with Crippen LogP contribution < -0.4 is 0 Å². The number of unbranched alkanes of at least 4 members (excludes halogenated alkanes) is 1. The molecule has 0 saturated carbocycles. The van der Waals surface area contributed by atoms with Crippen LogP contribution in [0.15, 0.2) is 36.4 Å². The van der Waals surface area contributed by atoms with E-state index in [0.29, 0.717) is 6.54 Å². The topological polar surface area (TPSA) is 26.8 Å². The summed E-state index contributed by atoms with van der Waals surface area (Å²) in [7, 11) is 2.04. The van der Waals surface area contributed by atoms with Crippen molar-refractivity contribution in [2.75, 3.05) is 52.9 Å². The van der Waals surface area contributed by atoms with Gasteiger partial charge in [-0.1, -0.05) is 55.8 Å². The van der Waals surface area contributed by atoms with Crippen LogP contribution in [0.4, 0.5) is 0 Å². The number of hydrogen-bond acceptors (Lipinski definition) is 3. The van der Waals surface area contributed by atoms with E-state index in [2.05, 4.69) is 53.1 Å². The van der Waals surface area contributed by atoms with Crippen LogP contribution in [0.2, 0.25) is 0 Å². The van der Waals surface area contributed by atoms with Crippen molar-refractivity contribution in [3.05, 3.63) is 42.0 Å². The standard InChI is InChI=1S/C20H31N3O/c1-3-4-12-21(2)18-20(24)23-16-14-22(15-17-23)13-8-11-19-9-6-5-7-10-19/h5-11H,3-4,12-18H2,1-2H3/b11-8+. The van der Waals surface area contributed by atoms with Gasteiger partial charge in [0.15, 0.2) is 0 Å². The monoisotopic (exact) mass is 329 g/mol. The number of hydrogen-bond donors (Lipinski definition) is 0. The molecular weight excluding hydrogens is 298 g/mol. The average Bonchev–Trinajstić information content (AvgIpc) is 2.61. The minimum absolute atomic E-state index is 0.271. The first-order chi connectivity index (χ1) is 11.7. The summed E-state index contributed by atoms with van der Waals surface area (Å²) in [5.41, 5.74) is 1.24. The van der Waals surface area contributed by atoms with Gasteiger partial charge in [0.05, 0.1) is 6.54 Å². The molecule has 4 nitrogen and oxygen atoms in total. The molecule has 0 spiro atoms. The maximum absolute atomic E-state index is 12.3. The third-order valence-electron chi connectivity index (χ3n) is 4.50. The quantitative estimate of drug-likeness (QED) is 0.733. The van der Waals surface area contributed by atoms with Crippen molar-refractivity contribution in [2.45, 2.75) is 19.8 Å². The van der Waals surface area contributed by atoms with Crippen LogP contribution in [0.25, 0.3) is 6.08 Å². The molecule has 0 radical (unpaired) electrons. The molecule has 1 saturated heterocycles. The molecule has 0 aromatic heterocycles. The molecule has 1 aliphatic heterocycles. The first-order valence-corrected chi connectivity index (χ1v) is 9.09. The summed E-state index contributed by atoms with van der Waals surface area (Å²) < 4.78 is 0. The maximum atomic E-state index is 12.3. The Morgan fingerprint density at radius 2 is 1.88 bits per heavy atom. The Morgan fingerprint density at radius 3 is 2.54 bits per heavy atom. The zero-order valence-corrected chi connectivity index (χ0v) is 15.2. The van der Waals surface area contributed by atoms with Crippen LogP contribution in [0, 0.1) is 0 Å². The predicted octanol–water partition coefficient (Wildman–Crippen LogP) is 2.58. The van der Waals surface area contributed by atoms with Gasteiger partial charge in [0, 0.05) is 32.7 Å².